The molecule has 1 atom stereocenters. The van der Waals surface area contributed by atoms with Crippen LogP contribution in [0.5, 0.6) is 11.5 Å². The average molecular weight is 400 g/mol. The number of ether oxygens (including phenoxy) is 1. The maximum Gasteiger partial charge on any atom is 0.132 e. The first kappa shape index (κ1) is 20.9. The van der Waals surface area contributed by atoms with E-state index in [2.05, 4.69) is 44.8 Å². The number of phenolic OH excluding ortho intramolecular Hbond substituents is 1. The smallest absolute Gasteiger partial charge is 0.132 e. The molecular weight excluding hydrogens is 366 g/mol. The predicted molar refractivity (Wildman–Crippen MR) is 119 cm³/mol. The van der Waals surface area contributed by atoms with Crippen molar-refractivity contribution in [3.05, 3.63) is 40.5 Å². The number of unbranched alkanes of at least 4 members (excludes halogenated alkanes) is 2. The van der Waals surface area contributed by atoms with Gasteiger partial charge in [0.15, 0.2) is 0 Å². The van der Waals surface area contributed by atoms with E-state index in [9.17, 15) is 5.11 Å². The molecule has 0 amide bonds. The molecule has 0 saturated heterocycles. The molecule has 3 nitrogen and oxygen atoms in total. The van der Waals surface area contributed by atoms with Gasteiger partial charge in [-0.15, -0.1) is 11.3 Å². The lowest BCUT2D eigenvalue weighted by Gasteiger charge is -2.26. The van der Waals surface area contributed by atoms with E-state index in [1.54, 1.807) is 11.3 Å². The molecule has 0 saturated carbocycles. The van der Waals surface area contributed by atoms with Crippen LogP contribution >= 0.6 is 11.3 Å². The molecule has 0 fully saturated rings. The topological polar surface area (TPSA) is 42.4 Å². The molecule has 0 aliphatic heterocycles. The minimum atomic E-state index is 0.0737. The van der Waals surface area contributed by atoms with Crippen LogP contribution in [-0.2, 0) is 6.42 Å². The zero-order valence-corrected chi connectivity index (χ0v) is 18.4. The fourth-order valence-corrected chi connectivity index (χ4v) is 4.84. The molecule has 0 radical (unpaired) electrons. The van der Waals surface area contributed by atoms with E-state index in [-0.39, 0.29) is 12.0 Å². The summed E-state index contributed by atoms with van der Waals surface area (Å²) in [7, 11) is 0. The monoisotopic (exact) mass is 399 g/mol. The lowest BCUT2D eigenvalue weighted by atomic mass is 9.83. The van der Waals surface area contributed by atoms with E-state index < -0.39 is 0 Å². The highest BCUT2D eigenvalue weighted by Crippen LogP contribution is 2.48. The molecule has 0 spiro atoms. The largest absolute Gasteiger partial charge is 0.507 e. The molecule has 2 aromatic rings. The third-order valence-electron chi connectivity index (χ3n) is 5.42. The second-order valence-corrected chi connectivity index (χ2v) is 9.06. The minimum Gasteiger partial charge on any atom is -0.507 e. The lowest BCUT2D eigenvalue weighted by molar-refractivity contribution is 0.237. The SMILES string of the molecule is CCCCCc1cc(OC(C)C)c([C@@H]2C=C(C)CCC2)c(O)c1-c1cncs1. The van der Waals surface area contributed by atoms with Gasteiger partial charge < -0.3 is 9.84 Å². The Morgan fingerprint density at radius 3 is 2.79 bits per heavy atom. The van der Waals surface area contributed by atoms with Crippen molar-refractivity contribution >= 4 is 11.3 Å². The van der Waals surface area contributed by atoms with Crippen molar-refractivity contribution in [1.29, 1.82) is 0 Å². The highest BCUT2D eigenvalue weighted by atomic mass is 32.1. The maximum absolute atomic E-state index is 11.5. The number of nitrogens with zero attached hydrogens (tertiary/aromatic N) is 1. The van der Waals surface area contributed by atoms with Gasteiger partial charge in [0.05, 0.1) is 16.5 Å². The summed E-state index contributed by atoms with van der Waals surface area (Å²) in [5.41, 5.74) is 6.33. The first-order valence-electron chi connectivity index (χ1n) is 10.6. The van der Waals surface area contributed by atoms with Crippen molar-refractivity contribution in [2.24, 2.45) is 0 Å². The zero-order valence-electron chi connectivity index (χ0n) is 17.6. The highest BCUT2D eigenvalue weighted by molar-refractivity contribution is 7.13. The maximum atomic E-state index is 11.5. The Morgan fingerprint density at radius 1 is 1.32 bits per heavy atom. The summed E-state index contributed by atoms with van der Waals surface area (Å²) in [6.07, 6.45) is 12.1. The van der Waals surface area contributed by atoms with Crippen molar-refractivity contribution in [3.63, 3.8) is 0 Å². The Bertz CT molecular complexity index is 809. The van der Waals surface area contributed by atoms with Gasteiger partial charge in [-0.05, 0) is 64.5 Å². The molecule has 3 rings (SSSR count). The molecule has 0 bridgehead atoms. The molecule has 152 valence electrons. The minimum absolute atomic E-state index is 0.0737. The number of benzene rings is 1. The Labute approximate surface area is 173 Å². The first-order chi connectivity index (χ1) is 13.5. The van der Waals surface area contributed by atoms with Crippen LogP contribution in [0.2, 0.25) is 0 Å². The second-order valence-electron chi connectivity index (χ2n) is 8.17. The summed E-state index contributed by atoms with van der Waals surface area (Å²) in [6, 6.07) is 2.19. The number of aromatic hydroxyl groups is 1. The van der Waals surface area contributed by atoms with Gasteiger partial charge in [0, 0.05) is 23.2 Å². The summed E-state index contributed by atoms with van der Waals surface area (Å²) in [4.78, 5) is 5.31. The van der Waals surface area contributed by atoms with Crippen LogP contribution in [0.4, 0.5) is 0 Å². The van der Waals surface area contributed by atoms with Gasteiger partial charge in [0.1, 0.15) is 11.5 Å². The second kappa shape index (κ2) is 9.60. The van der Waals surface area contributed by atoms with Crippen LogP contribution in [0, 0.1) is 0 Å². The van der Waals surface area contributed by atoms with Crippen molar-refractivity contribution in [2.45, 2.75) is 84.7 Å². The van der Waals surface area contributed by atoms with E-state index in [4.69, 9.17) is 4.74 Å². The standard InChI is InChI=1S/C24H33NO2S/c1-5-6-7-10-19-13-20(27-16(2)3)22(18-11-8-9-17(4)12-18)24(26)23(19)21-14-25-15-28-21/h12-16,18,26H,5-11H2,1-4H3/t18-/m0/s1. The fraction of sp³-hybridized carbons (Fsp3) is 0.542. The number of aryl methyl sites for hydroxylation is 1. The number of hydrogen-bond donors (Lipinski definition) is 1. The number of phenols is 1. The number of thiazole rings is 1. The normalized spacial score (nSPS) is 17.0. The molecule has 1 aliphatic carbocycles. The summed E-state index contributed by atoms with van der Waals surface area (Å²) >= 11 is 1.59. The van der Waals surface area contributed by atoms with Gasteiger partial charge >= 0.3 is 0 Å². The molecule has 1 heterocycles. The van der Waals surface area contributed by atoms with Gasteiger partial charge in [-0.2, -0.15) is 0 Å². The molecule has 1 aliphatic rings. The van der Waals surface area contributed by atoms with Gasteiger partial charge in [-0.1, -0.05) is 31.4 Å². The van der Waals surface area contributed by atoms with Gasteiger partial charge in [-0.25, -0.2) is 0 Å². The van der Waals surface area contributed by atoms with E-state index in [0.717, 1.165) is 53.9 Å². The van der Waals surface area contributed by atoms with Crippen LogP contribution in [0.15, 0.2) is 29.4 Å². The number of aromatic nitrogens is 1. The fourth-order valence-electron chi connectivity index (χ4n) is 4.14. The van der Waals surface area contributed by atoms with Crippen LogP contribution in [0.3, 0.4) is 0 Å². The molecule has 4 heteroatoms. The van der Waals surface area contributed by atoms with Crippen molar-refractivity contribution in [1.82, 2.24) is 4.98 Å². The van der Waals surface area contributed by atoms with E-state index in [1.807, 2.05) is 11.7 Å². The molecule has 1 aromatic heterocycles. The van der Waals surface area contributed by atoms with Gasteiger partial charge in [-0.3, -0.25) is 4.98 Å². The first-order valence-corrected chi connectivity index (χ1v) is 11.5. The van der Waals surface area contributed by atoms with Crippen molar-refractivity contribution in [2.75, 3.05) is 0 Å². The van der Waals surface area contributed by atoms with E-state index in [1.165, 1.54) is 24.0 Å². The quantitative estimate of drug-likeness (QED) is 0.375. The summed E-state index contributed by atoms with van der Waals surface area (Å²) in [5, 5.41) is 11.5. The van der Waals surface area contributed by atoms with E-state index in [0.29, 0.717) is 5.75 Å². The van der Waals surface area contributed by atoms with Crippen LogP contribution in [0.25, 0.3) is 10.4 Å². The van der Waals surface area contributed by atoms with E-state index >= 15 is 0 Å². The third-order valence-corrected chi connectivity index (χ3v) is 6.21. The molecule has 1 aromatic carbocycles. The predicted octanol–water partition coefficient (Wildman–Crippen LogP) is 7.25. The van der Waals surface area contributed by atoms with Crippen LogP contribution in [0.1, 0.15) is 83.3 Å². The summed E-state index contributed by atoms with van der Waals surface area (Å²) in [5.74, 6) is 1.45. The van der Waals surface area contributed by atoms with Crippen LogP contribution in [-0.4, -0.2) is 16.2 Å². The average Bonchev–Trinajstić information content (AvgIpc) is 3.15. The Morgan fingerprint density at radius 2 is 2.14 bits per heavy atom. The number of rotatable bonds is 8. The molecule has 28 heavy (non-hydrogen) atoms. The van der Waals surface area contributed by atoms with Crippen LogP contribution < -0.4 is 4.74 Å². The number of hydrogen-bond acceptors (Lipinski definition) is 4. The summed E-state index contributed by atoms with van der Waals surface area (Å²) < 4.78 is 6.23. The molecule has 1 N–H and O–H groups in total. The third kappa shape index (κ3) is 4.78. The van der Waals surface area contributed by atoms with Crippen molar-refractivity contribution < 1.29 is 9.84 Å². The molecule has 0 unspecified atom stereocenters. The highest BCUT2D eigenvalue weighted by Gasteiger charge is 2.27. The summed E-state index contributed by atoms with van der Waals surface area (Å²) in [6.45, 7) is 8.51. The molecular formula is C24H33NO2S. The Balaban J connectivity index is 2.16. The van der Waals surface area contributed by atoms with Crippen molar-refractivity contribution in [3.8, 4) is 21.9 Å². The zero-order chi connectivity index (χ0) is 20.1. The number of allylic oxidation sites excluding steroid dienone is 2. The Kier molecular flexibility index (Phi) is 7.17. The Hall–Kier alpha value is -1.81. The van der Waals surface area contributed by atoms with Gasteiger partial charge in [0.2, 0.25) is 0 Å². The lowest BCUT2D eigenvalue weighted by Crippen LogP contribution is -2.12. The van der Waals surface area contributed by atoms with Gasteiger partial charge in [0.25, 0.3) is 0 Å².